The van der Waals surface area contributed by atoms with E-state index >= 15 is 0 Å². The Labute approximate surface area is 116 Å². The highest BCUT2D eigenvalue weighted by atomic mass is 16.5. The van der Waals surface area contributed by atoms with Crippen molar-refractivity contribution in [3.8, 4) is 11.8 Å². The molecule has 0 aromatic heterocycles. The summed E-state index contributed by atoms with van der Waals surface area (Å²) < 4.78 is 5.41. The van der Waals surface area contributed by atoms with Crippen LogP contribution in [-0.4, -0.2) is 31.1 Å². The van der Waals surface area contributed by atoms with Crippen LogP contribution < -0.4 is 4.74 Å². The topological polar surface area (TPSA) is 36.3 Å². The van der Waals surface area contributed by atoms with Gasteiger partial charge in [-0.25, -0.2) is 0 Å². The van der Waals surface area contributed by atoms with E-state index in [4.69, 9.17) is 10.00 Å². The van der Waals surface area contributed by atoms with E-state index in [1.54, 1.807) is 7.11 Å². The van der Waals surface area contributed by atoms with Crippen molar-refractivity contribution in [3.63, 3.8) is 0 Å². The van der Waals surface area contributed by atoms with Crippen molar-refractivity contribution in [1.82, 2.24) is 4.90 Å². The Morgan fingerprint density at radius 3 is 2.58 bits per heavy atom. The highest BCUT2D eigenvalue weighted by Crippen LogP contribution is 2.22. The zero-order valence-corrected chi connectivity index (χ0v) is 12.7. The molecule has 0 heterocycles. The van der Waals surface area contributed by atoms with E-state index < -0.39 is 5.54 Å². The molecule has 3 nitrogen and oxygen atoms in total. The lowest BCUT2D eigenvalue weighted by Crippen LogP contribution is -2.40. The van der Waals surface area contributed by atoms with Gasteiger partial charge >= 0.3 is 0 Å². The zero-order valence-electron chi connectivity index (χ0n) is 12.7. The van der Waals surface area contributed by atoms with Crippen LogP contribution in [0, 0.1) is 11.3 Å². The average molecular weight is 260 g/mol. The molecule has 0 N–H and O–H groups in total. The van der Waals surface area contributed by atoms with Gasteiger partial charge in [-0.2, -0.15) is 5.26 Å². The Kier molecular flexibility index (Phi) is 5.38. The molecule has 0 radical (unpaired) electrons. The molecule has 0 atom stereocenters. The van der Waals surface area contributed by atoms with Crippen molar-refractivity contribution in [3.05, 3.63) is 29.3 Å². The first-order valence-electron chi connectivity index (χ1n) is 6.73. The molecular formula is C16H24N2O. The van der Waals surface area contributed by atoms with Crippen molar-refractivity contribution in [1.29, 1.82) is 5.26 Å². The number of nitriles is 1. The second-order valence-electron chi connectivity index (χ2n) is 5.34. The molecule has 0 unspecified atom stereocenters. The van der Waals surface area contributed by atoms with E-state index in [1.165, 1.54) is 11.1 Å². The van der Waals surface area contributed by atoms with Gasteiger partial charge in [0, 0.05) is 6.54 Å². The molecule has 104 valence electrons. The van der Waals surface area contributed by atoms with Crippen LogP contribution in [-0.2, 0) is 12.8 Å². The van der Waals surface area contributed by atoms with Crippen molar-refractivity contribution in [2.75, 3.05) is 20.7 Å². The molecule has 1 aromatic rings. The van der Waals surface area contributed by atoms with Crippen molar-refractivity contribution >= 4 is 0 Å². The molecule has 3 heteroatoms. The van der Waals surface area contributed by atoms with Crippen molar-refractivity contribution in [2.45, 2.75) is 39.2 Å². The van der Waals surface area contributed by atoms with Gasteiger partial charge in [0.15, 0.2) is 0 Å². The molecule has 0 bridgehead atoms. The zero-order chi connectivity index (χ0) is 14.5. The molecule has 0 aliphatic carbocycles. The first kappa shape index (κ1) is 15.5. The molecule has 0 fully saturated rings. The summed E-state index contributed by atoms with van der Waals surface area (Å²) in [6.07, 6.45) is 1.91. The monoisotopic (exact) mass is 260 g/mol. The Morgan fingerprint density at radius 2 is 2.05 bits per heavy atom. The fourth-order valence-corrected chi connectivity index (χ4v) is 1.90. The van der Waals surface area contributed by atoms with Crippen LogP contribution in [0.2, 0.25) is 0 Å². The van der Waals surface area contributed by atoms with Gasteiger partial charge in [-0.3, -0.25) is 4.90 Å². The highest BCUT2D eigenvalue weighted by molar-refractivity contribution is 5.37. The van der Waals surface area contributed by atoms with Crippen molar-refractivity contribution < 1.29 is 4.74 Å². The number of likely N-dealkylation sites (N-methyl/N-ethyl adjacent to an activating group) is 1. The van der Waals surface area contributed by atoms with Gasteiger partial charge in [0.25, 0.3) is 0 Å². The standard InChI is InChI=1S/C16H24N2O/c1-6-13-7-8-15(19-5)14(11-13)9-10-18(4)16(2,3)12-17/h7-8,11H,6,9-10H2,1-5H3. The fourth-order valence-electron chi connectivity index (χ4n) is 1.90. The van der Waals surface area contributed by atoms with E-state index in [2.05, 4.69) is 30.0 Å². The minimum atomic E-state index is -0.435. The van der Waals surface area contributed by atoms with Crippen LogP contribution in [0.1, 0.15) is 31.9 Å². The summed E-state index contributed by atoms with van der Waals surface area (Å²) in [4.78, 5) is 2.07. The van der Waals surface area contributed by atoms with Gasteiger partial charge < -0.3 is 4.74 Å². The predicted octanol–water partition coefficient (Wildman–Crippen LogP) is 3.03. The van der Waals surface area contributed by atoms with Gasteiger partial charge in [-0.15, -0.1) is 0 Å². The van der Waals surface area contributed by atoms with Crippen LogP contribution in [0.15, 0.2) is 18.2 Å². The Bertz CT molecular complexity index is 460. The molecule has 19 heavy (non-hydrogen) atoms. The maximum Gasteiger partial charge on any atom is 0.122 e. The number of rotatable bonds is 6. The molecule has 0 spiro atoms. The summed E-state index contributed by atoms with van der Waals surface area (Å²) in [6, 6.07) is 8.66. The van der Waals surface area contributed by atoms with Gasteiger partial charge in [-0.05, 0) is 50.9 Å². The molecule has 0 aliphatic rings. The molecule has 0 saturated heterocycles. The van der Waals surface area contributed by atoms with Gasteiger partial charge in [0.05, 0.1) is 13.2 Å². The number of hydrogen-bond acceptors (Lipinski definition) is 3. The smallest absolute Gasteiger partial charge is 0.122 e. The number of benzene rings is 1. The summed E-state index contributed by atoms with van der Waals surface area (Å²) in [5.74, 6) is 0.931. The lowest BCUT2D eigenvalue weighted by atomic mass is 10.0. The second kappa shape index (κ2) is 6.58. The maximum atomic E-state index is 9.13. The quantitative estimate of drug-likeness (QED) is 0.789. The number of methoxy groups -OCH3 is 1. The molecule has 0 amide bonds. The predicted molar refractivity (Wildman–Crippen MR) is 78.4 cm³/mol. The van der Waals surface area contributed by atoms with Gasteiger partial charge in [0.2, 0.25) is 0 Å². The van der Waals surface area contributed by atoms with Crippen LogP contribution in [0.4, 0.5) is 0 Å². The molecule has 1 aromatic carbocycles. The third-order valence-electron chi connectivity index (χ3n) is 3.70. The third-order valence-corrected chi connectivity index (χ3v) is 3.70. The summed E-state index contributed by atoms with van der Waals surface area (Å²) in [5.41, 5.74) is 2.09. The molecular weight excluding hydrogens is 236 g/mol. The summed E-state index contributed by atoms with van der Waals surface area (Å²) in [6.45, 7) is 6.86. The average Bonchev–Trinajstić information content (AvgIpc) is 2.44. The van der Waals surface area contributed by atoms with Crippen LogP contribution in [0.3, 0.4) is 0 Å². The summed E-state index contributed by atoms with van der Waals surface area (Å²) >= 11 is 0. The number of hydrogen-bond donors (Lipinski definition) is 0. The molecule has 1 rings (SSSR count). The number of ether oxygens (including phenoxy) is 1. The van der Waals surface area contributed by atoms with Crippen LogP contribution in [0.25, 0.3) is 0 Å². The normalized spacial score (nSPS) is 11.4. The van der Waals surface area contributed by atoms with Crippen molar-refractivity contribution in [2.24, 2.45) is 0 Å². The second-order valence-corrected chi connectivity index (χ2v) is 5.34. The number of nitrogens with zero attached hydrogens (tertiary/aromatic N) is 2. The van der Waals surface area contributed by atoms with E-state index in [9.17, 15) is 0 Å². The van der Waals surface area contributed by atoms with E-state index in [1.807, 2.05) is 27.0 Å². The van der Waals surface area contributed by atoms with Crippen LogP contribution in [0.5, 0.6) is 5.75 Å². The van der Waals surface area contributed by atoms with E-state index in [0.717, 1.165) is 25.1 Å². The minimum Gasteiger partial charge on any atom is -0.496 e. The largest absolute Gasteiger partial charge is 0.496 e. The Morgan fingerprint density at radius 1 is 1.37 bits per heavy atom. The van der Waals surface area contributed by atoms with Gasteiger partial charge in [0.1, 0.15) is 11.3 Å². The number of aryl methyl sites for hydroxylation is 1. The minimum absolute atomic E-state index is 0.435. The van der Waals surface area contributed by atoms with E-state index in [-0.39, 0.29) is 0 Å². The fraction of sp³-hybridized carbons (Fsp3) is 0.562. The summed E-state index contributed by atoms with van der Waals surface area (Å²) in [5, 5.41) is 9.13. The first-order valence-corrected chi connectivity index (χ1v) is 6.73. The summed E-state index contributed by atoms with van der Waals surface area (Å²) in [7, 11) is 3.69. The lowest BCUT2D eigenvalue weighted by molar-refractivity contribution is 0.213. The maximum absolute atomic E-state index is 9.13. The van der Waals surface area contributed by atoms with Crippen LogP contribution >= 0.6 is 0 Å². The SMILES string of the molecule is CCc1ccc(OC)c(CCN(C)C(C)(C)C#N)c1. The molecule has 0 aliphatic heterocycles. The van der Waals surface area contributed by atoms with Gasteiger partial charge in [-0.1, -0.05) is 19.1 Å². The third kappa shape index (κ3) is 3.97. The lowest BCUT2D eigenvalue weighted by Gasteiger charge is -2.29. The first-order chi connectivity index (χ1) is 8.94. The van der Waals surface area contributed by atoms with E-state index in [0.29, 0.717) is 0 Å². The Hall–Kier alpha value is -1.53. The Balaban J connectivity index is 2.80. The molecule has 0 saturated carbocycles. The highest BCUT2D eigenvalue weighted by Gasteiger charge is 2.22.